The van der Waals surface area contributed by atoms with Crippen LogP contribution in [0.2, 0.25) is 0 Å². The molecule has 2 rings (SSSR count). The summed E-state index contributed by atoms with van der Waals surface area (Å²) in [5.41, 5.74) is 1.88. The summed E-state index contributed by atoms with van der Waals surface area (Å²) < 4.78 is 5.39. The molecule has 0 spiro atoms. The van der Waals surface area contributed by atoms with Crippen molar-refractivity contribution < 1.29 is 9.53 Å². The first kappa shape index (κ1) is 12.7. The average Bonchev–Trinajstić information content (AvgIpc) is 2.40. The van der Waals surface area contributed by atoms with Crippen LogP contribution in [0.3, 0.4) is 0 Å². The highest BCUT2D eigenvalue weighted by Crippen LogP contribution is 2.21. The van der Waals surface area contributed by atoms with E-state index in [4.69, 9.17) is 4.74 Å². The molecule has 4 nitrogen and oxygen atoms in total. The van der Waals surface area contributed by atoms with Crippen LogP contribution in [0.1, 0.15) is 17.3 Å². The van der Waals surface area contributed by atoms with Gasteiger partial charge in [0, 0.05) is 6.20 Å². The molecule has 0 aliphatic rings. The van der Waals surface area contributed by atoms with Crippen LogP contribution < -0.4 is 0 Å². The minimum Gasteiger partial charge on any atom is -0.462 e. The van der Waals surface area contributed by atoms with E-state index in [2.05, 4.69) is 25.9 Å². The van der Waals surface area contributed by atoms with Crippen LogP contribution in [0, 0.1) is 0 Å². The smallest absolute Gasteiger partial charge is 0.340 e. The van der Waals surface area contributed by atoms with Crippen molar-refractivity contribution in [2.75, 3.05) is 6.61 Å². The van der Waals surface area contributed by atoms with E-state index in [-0.39, 0.29) is 5.97 Å². The Hall–Kier alpha value is -1.75. The molecule has 92 valence electrons. The Kier molecular flexibility index (Phi) is 4.04. The summed E-state index contributed by atoms with van der Waals surface area (Å²) in [6.45, 7) is 2.11. The minimum absolute atomic E-state index is 0.341. The van der Waals surface area contributed by atoms with Crippen molar-refractivity contribution >= 4 is 21.9 Å². The third kappa shape index (κ3) is 2.73. The molecule has 0 saturated carbocycles. The van der Waals surface area contributed by atoms with Gasteiger partial charge in [0.15, 0.2) is 0 Å². The molecular weight excluding hydrogens is 296 g/mol. The second-order valence-electron chi connectivity index (χ2n) is 3.47. The fraction of sp³-hybridized carbons (Fsp3) is 0.154. The van der Waals surface area contributed by atoms with Gasteiger partial charge >= 0.3 is 5.97 Å². The number of carbonyl (C=O) groups excluding carboxylic acids is 1. The topological polar surface area (TPSA) is 52.1 Å². The van der Waals surface area contributed by atoms with E-state index in [1.165, 1.54) is 0 Å². The van der Waals surface area contributed by atoms with Gasteiger partial charge in [0.2, 0.25) is 0 Å². The van der Waals surface area contributed by atoms with Crippen LogP contribution in [0.5, 0.6) is 0 Å². The summed E-state index contributed by atoms with van der Waals surface area (Å²) in [5.74, 6) is -0.385. The van der Waals surface area contributed by atoms with Crippen LogP contribution >= 0.6 is 15.9 Å². The lowest BCUT2D eigenvalue weighted by Gasteiger charge is -2.05. The van der Waals surface area contributed by atoms with Gasteiger partial charge < -0.3 is 4.74 Å². The molecular formula is C13H11BrN2O2. The Morgan fingerprint density at radius 1 is 1.28 bits per heavy atom. The number of ether oxygens (including phenoxy) is 1. The predicted octanol–water partition coefficient (Wildman–Crippen LogP) is 3.08. The SMILES string of the molecule is CCOC(=O)c1ccc(-c2ccccn2)nc1Br. The number of carbonyl (C=O) groups is 1. The van der Waals surface area contributed by atoms with Gasteiger partial charge in [-0.25, -0.2) is 9.78 Å². The van der Waals surface area contributed by atoms with Crippen molar-refractivity contribution in [3.63, 3.8) is 0 Å². The number of hydrogen-bond acceptors (Lipinski definition) is 4. The molecule has 0 aliphatic carbocycles. The van der Waals surface area contributed by atoms with Crippen molar-refractivity contribution in [2.24, 2.45) is 0 Å². The van der Waals surface area contributed by atoms with Gasteiger partial charge in [-0.1, -0.05) is 6.07 Å². The molecule has 0 aliphatic heterocycles. The van der Waals surface area contributed by atoms with Gasteiger partial charge in [-0.15, -0.1) is 0 Å². The molecule has 2 aromatic heterocycles. The third-order valence-electron chi connectivity index (χ3n) is 2.27. The molecule has 0 saturated heterocycles. The van der Waals surface area contributed by atoms with E-state index >= 15 is 0 Å². The second kappa shape index (κ2) is 5.73. The van der Waals surface area contributed by atoms with Gasteiger partial charge in [-0.05, 0) is 47.1 Å². The highest BCUT2D eigenvalue weighted by atomic mass is 79.9. The molecule has 0 radical (unpaired) electrons. The van der Waals surface area contributed by atoms with Gasteiger partial charge in [-0.2, -0.15) is 0 Å². The molecule has 2 heterocycles. The Morgan fingerprint density at radius 2 is 2.11 bits per heavy atom. The van der Waals surface area contributed by atoms with Gasteiger partial charge in [-0.3, -0.25) is 4.98 Å². The molecule has 18 heavy (non-hydrogen) atoms. The van der Waals surface area contributed by atoms with Gasteiger partial charge in [0.25, 0.3) is 0 Å². The second-order valence-corrected chi connectivity index (χ2v) is 4.22. The predicted molar refractivity (Wildman–Crippen MR) is 71.1 cm³/mol. The molecule has 0 amide bonds. The molecule has 0 aromatic carbocycles. The Labute approximate surface area is 113 Å². The van der Waals surface area contributed by atoms with E-state index in [1.807, 2.05) is 18.2 Å². The Balaban J connectivity index is 2.34. The summed E-state index contributed by atoms with van der Waals surface area (Å²) in [4.78, 5) is 20.1. The van der Waals surface area contributed by atoms with Crippen molar-refractivity contribution in [1.82, 2.24) is 9.97 Å². The highest BCUT2D eigenvalue weighted by Gasteiger charge is 2.13. The highest BCUT2D eigenvalue weighted by molar-refractivity contribution is 9.10. The zero-order valence-electron chi connectivity index (χ0n) is 9.76. The lowest BCUT2D eigenvalue weighted by Crippen LogP contribution is -2.06. The van der Waals surface area contributed by atoms with Crippen molar-refractivity contribution in [3.8, 4) is 11.4 Å². The van der Waals surface area contributed by atoms with Crippen molar-refractivity contribution in [3.05, 3.63) is 46.7 Å². The maximum atomic E-state index is 11.6. The zero-order chi connectivity index (χ0) is 13.0. The summed E-state index contributed by atoms with van der Waals surface area (Å²) in [6.07, 6.45) is 1.70. The summed E-state index contributed by atoms with van der Waals surface area (Å²) >= 11 is 3.28. The first-order chi connectivity index (χ1) is 8.72. The van der Waals surface area contributed by atoms with E-state index in [1.54, 1.807) is 25.3 Å². The number of esters is 1. The lowest BCUT2D eigenvalue weighted by atomic mass is 10.2. The van der Waals surface area contributed by atoms with Crippen LogP contribution in [0.15, 0.2) is 41.1 Å². The Bertz CT molecular complexity index is 558. The molecule has 0 N–H and O–H groups in total. The zero-order valence-corrected chi connectivity index (χ0v) is 11.3. The van der Waals surface area contributed by atoms with E-state index in [0.717, 1.165) is 5.69 Å². The molecule has 5 heteroatoms. The average molecular weight is 307 g/mol. The van der Waals surface area contributed by atoms with Crippen molar-refractivity contribution in [1.29, 1.82) is 0 Å². The van der Waals surface area contributed by atoms with Gasteiger partial charge in [0.05, 0.1) is 23.6 Å². The fourth-order valence-electron chi connectivity index (χ4n) is 1.45. The number of pyridine rings is 2. The van der Waals surface area contributed by atoms with Crippen LogP contribution in [-0.4, -0.2) is 22.5 Å². The van der Waals surface area contributed by atoms with Crippen LogP contribution in [0.25, 0.3) is 11.4 Å². The fourth-order valence-corrected chi connectivity index (χ4v) is 1.94. The molecule has 0 fully saturated rings. The molecule has 0 bridgehead atoms. The van der Waals surface area contributed by atoms with Crippen LogP contribution in [-0.2, 0) is 4.74 Å². The maximum absolute atomic E-state index is 11.6. The van der Waals surface area contributed by atoms with Crippen LogP contribution in [0.4, 0.5) is 0 Å². The first-order valence-electron chi connectivity index (χ1n) is 5.47. The summed E-state index contributed by atoms with van der Waals surface area (Å²) in [5, 5.41) is 0. The van der Waals surface area contributed by atoms with E-state index in [9.17, 15) is 4.79 Å². The standard InChI is InChI=1S/C13H11BrN2O2/c1-2-18-13(17)9-6-7-11(16-12(9)14)10-5-3-4-8-15-10/h3-8H,2H2,1H3. The Morgan fingerprint density at radius 3 is 2.72 bits per heavy atom. The molecule has 2 aromatic rings. The third-order valence-corrected chi connectivity index (χ3v) is 2.88. The lowest BCUT2D eigenvalue weighted by molar-refractivity contribution is 0.0524. The first-order valence-corrected chi connectivity index (χ1v) is 6.26. The largest absolute Gasteiger partial charge is 0.462 e. The number of nitrogens with zero attached hydrogens (tertiary/aromatic N) is 2. The maximum Gasteiger partial charge on any atom is 0.340 e. The monoisotopic (exact) mass is 306 g/mol. The quantitative estimate of drug-likeness (QED) is 0.646. The number of hydrogen-bond donors (Lipinski definition) is 0. The number of aromatic nitrogens is 2. The number of halogens is 1. The van der Waals surface area contributed by atoms with E-state index in [0.29, 0.717) is 22.5 Å². The van der Waals surface area contributed by atoms with Crippen molar-refractivity contribution in [2.45, 2.75) is 6.92 Å². The van der Waals surface area contributed by atoms with E-state index < -0.39 is 0 Å². The molecule has 0 atom stereocenters. The van der Waals surface area contributed by atoms with Gasteiger partial charge in [0.1, 0.15) is 4.60 Å². The summed E-state index contributed by atoms with van der Waals surface area (Å²) in [6, 6.07) is 9.01. The number of rotatable bonds is 3. The molecule has 0 unspecified atom stereocenters. The summed E-state index contributed by atoms with van der Waals surface area (Å²) in [7, 11) is 0. The normalized spacial score (nSPS) is 10.1. The minimum atomic E-state index is -0.385.